The zero-order valence-corrected chi connectivity index (χ0v) is 12.3. The number of urea groups is 1. The number of halogens is 3. The molecule has 23 heavy (non-hydrogen) atoms. The second-order valence-electron chi connectivity index (χ2n) is 5.17. The van der Waals surface area contributed by atoms with Gasteiger partial charge >= 0.3 is 12.2 Å². The number of benzene rings is 1. The maximum atomic E-state index is 12.9. The first-order valence-corrected chi connectivity index (χ1v) is 6.83. The molecule has 9 heteroatoms. The van der Waals surface area contributed by atoms with Crippen molar-refractivity contribution in [1.82, 2.24) is 4.90 Å². The van der Waals surface area contributed by atoms with Crippen LogP contribution in [0.15, 0.2) is 18.2 Å². The highest BCUT2D eigenvalue weighted by molar-refractivity contribution is 5.90. The number of hydrogen-bond donors (Lipinski definition) is 2. The molecule has 0 radical (unpaired) electrons. The van der Waals surface area contributed by atoms with Crippen molar-refractivity contribution < 1.29 is 27.5 Å². The monoisotopic (exact) mass is 331 g/mol. The van der Waals surface area contributed by atoms with Crippen molar-refractivity contribution in [3.8, 4) is 0 Å². The smallest absolute Gasteiger partial charge is 0.367 e. The van der Waals surface area contributed by atoms with Crippen molar-refractivity contribution in [1.29, 1.82) is 0 Å². The number of rotatable bonds is 2. The fraction of sp³-hybridized carbons (Fsp3) is 0.429. The van der Waals surface area contributed by atoms with E-state index in [0.29, 0.717) is 0 Å². The van der Waals surface area contributed by atoms with E-state index in [4.69, 9.17) is 10.5 Å². The number of alkyl halides is 3. The summed E-state index contributed by atoms with van der Waals surface area (Å²) in [7, 11) is 0. The van der Waals surface area contributed by atoms with Gasteiger partial charge in [-0.3, -0.25) is 4.79 Å². The van der Waals surface area contributed by atoms with Crippen molar-refractivity contribution in [2.45, 2.75) is 19.2 Å². The van der Waals surface area contributed by atoms with Crippen LogP contribution in [0.5, 0.6) is 0 Å². The molecule has 1 aliphatic heterocycles. The molecular formula is C14H16F3N3O3. The number of morpholine rings is 1. The molecule has 1 aromatic rings. The lowest BCUT2D eigenvalue weighted by atomic mass is 10.1. The first-order chi connectivity index (χ1) is 10.7. The average Bonchev–Trinajstić information content (AvgIpc) is 2.48. The number of carbonyl (C=O) groups excluding carboxylic acids is 2. The molecule has 0 spiro atoms. The van der Waals surface area contributed by atoms with Crippen molar-refractivity contribution in [3.63, 3.8) is 0 Å². The van der Waals surface area contributed by atoms with Crippen LogP contribution in [0.2, 0.25) is 0 Å². The molecule has 0 aliphatic carbocycles. The molecular weight excluding hydrogens is 315 g/mol. The largest absolute Gasteiger partial charge is 0.416 e. The Morgan fingerprint density at radius 3 is 2.70 bits per heavy atom. The predicted octanol–water partition coefficient (Wildman–Crippen LogP) is 1.73. The molecule has 0 unspecified atom stereocenters. The Balaban J connectivity index is 2.10. The lowest BCUT2D eigenvalue weighted by Gasteiger charge is -2.31. The van der Waals surface area contributed by atoms with E-state index in [9.17, 15) is 22.8 Å². The van der Waals surface area contributed by atoms with E-state index in [1.807, 2.05) is 0 Å². The Bertz CT molecular complexity index is 619. The zero-order valence-electron chi connectivity index (χ0n) is 12.3. The van der Waals surface area contributed by atoms with Gasteiger partial charge < -0.3 is 20.7 Å². The molecule has 1 aliphatic rings. The van der Waals surface area contributed by atoms with Gasteiger partial charge in [0, 0.05) is 12.2 Å². The van der Waals surface area contributed by atoms with Gasteiger partial charge in [0.05, 0.1) is 18.7 Å². The average molecular weight is 331 g/mol. The van der Waals surface area contributed by atoms with Gasteiger partial charge in [-0.05, 0) is 24.6 Å². The van der Waals surface area contributed by atoms with Crippen molar-refractivity contribution in [2.75, 3.05) is 25.0 Å². The molecule has 6 nitrogen and oxygen atoms in total. The number of ether oxygens (including phenoxy) is 1. The lowest BCUT2D eigenvalue weighted by Crippen LogP contribution is -2.51. The zero-order chi connectivity index (χ0) is 17.2. The molecule has 1 fully saturated rings. The SMILES string of the molecule is Cc1ccc(NC(=O)N2CCO[C@@H](C(N)=O)C2)cc1C(F)(F)F. The highest BCUT2D eigenvalue weighted by atomic mass is 19.4. The van der Waals surface area contributed by atoms with Crippen LogP contribution in [0, 0.1) is 6.92 Å². The quantitative estimate of drug-likeness (QED) is 0.865. The highest BCUT2D eigenvalue weighted by Crippen LogP contribution is 2.33. The standard InChI is InChI=1S/C14H16F3N3O3/c1-8-2-3-9(6-10(8)14(15,16)17)19-13(22)20-4-5-23-11(7-20)12(18)21/h2-3,6,11H,4-5,7H2,1H3,(H2,18,21)(H,19,22)/t11-/m1/s1. The Kier molecular flexibility index (Phi) is 4.79. The Hall–Kier alpha value is -2.29. The van der Waals surface area contributed by atoms with Crippen molar-refractivity contribution in [3.05, 3.63) is 29.3 Å². The summed E-state index contributed by atoms with van der Waals surface area (Å²) in [4.78, 5) is 24.5. The first kappa shape index (κ1) is 17.1. The van der Waals surface area contributed by atoms with Gasteiger partial charge in [-0.25, -0.2) is 4.79 Å². The minimum atomic E-state index is -4.50. The number of nitrogens with zero attached hydrogens (tertiary/aromatic N) is 1. The molecule has 0 saturated carbocycles. The second kappa shape index (κ2) is 6.45. The van der Waals surface area contributed by atoms with E-state index >= 15 is 0 Å². The number of anilines is 1. The molecule has 3 amide bonds. The van der Waals surface area contributed by atoms with Gasteiger partial charge in [-0.2, -0.15) is 13.2 Å². The summed E-state index contributed by atoms with van der Waals surface area (Å²) in [5, 5.41) is 2.39. The molecule has 0 bridgehead atoms. The first-order valence-electron chi connectivity index (χ1n) is 6.83. The van der Waals surface area contributed by atoms with E-state index in [2.05, 4.69) is 5.32 Å². The lowest BCUT2D eigenvalue weighted by molar-refractivity contribution is -0.138. The maximum absolute atomic E-state index is 12.9. The van der Waals surface area contributed by atoms with Crippen LogP contribution < -0.4 is 11.1 Å². The highest BCUT2D eigenvalue weighted by Gasteiger charge is 2.33. The van der Waals surface area contributed by atoms with Crippen LogP contribution in [0.25, 0.3) is 0 Å². The normalized spacial score (nSPS) is 18.6. The number of nitrogens with one attached hydrogen (secondary N) is 1. The Morgan fingerprint density at radius 1 is 1.39 bits per heavy atom. The minimum Gasteiger partial charge on any atom is -0.367 e. The molecule has 2 rings (SSSR count). The summed E-state index contributed by atoms with van der Waals surface area (Å²) in [5.74, 6) is -0.697. The van der Waals surface area contributed by atoms with Gasteiger partial charge in [0.2, 0.25) is 5.91 Å². The summed E-state index contributed by atoms with van der Waals surface area (Å²) in [6, 6.07) is 2.93. The van der Waals surface area contributed by atoms with E-state index < -0.39 is 29.8 Å². The van der Waals surface area contributed by atoms with Crippen LogP contribution in [0.1, 0.15) is 11.1 Å². The third-order valence-electron chi connectivity index (χ3n) is 3.47. The summed E-state index contributed by atoms with van der Waals surface area (Å²) in [6.45, 7) is 1.64. The summed E-state index contributed by atoms with van der Waals surface area (Å²) in [5.41, 5.74) is 4.40. The second-order valence-corrected chi connectivity index (χ2v) is 5.17. The van der Waals surface area contributed by atoms with E-state index in [1.54, 1.807) is 0 Å². The molecule has 1 aromatic carbocycles. The fourth-order valence-electron chi connectivity index (χ4n) is 2.21. The predicted molar refractivity (Wildman–Crippen MR) is 75.7 cm³/mol. The van der Waals surface area contributed by atoms with Crippen LogP contribution in [0.4, 0.5) is 23.7 Å². The Morgan fingerprint density at radius 2 is 2.09 bits per heavy atom. The molecule has 1 atom stereocenters. The maximum Gasteiger partial charge on any atom is 0.416 e. The van der Waals surface area contributed by atoms with Crippen molar-refractivity contribution >= 4 is 17.6 Å². The summed E-state index contributed by atoms with van der Waals surface area (Å²) >= 11 is 0. The third-order valence-corrected chi connectivity index (χ3v) is 3.47. The van der Waals surface area contributed by atoms with Gasteiger partial charge in [0.15, 0.2) is 6.10 Å². The van der Waals surface area contributed by atoms with Crippen LogP contribution in [-0.2, 0) is 15.7 Å². The van der Waals surface area contributed by atoms with Gasteiger partial charge in [0.25, 0.3) is 0 Å². The number of aryl methyl sites for hydroxylation is 1. The van der Waals surface area contributed by atoms with Crippen LogP contribution >= 0.6 is 0 Å². The number of carbonyl (C=O) groups is 2. The summed E-state index contributed by atoms with van der Waals surface area (Å²) in [6.07, 6.45) is -5.42. The number of primary amides is 1. The van der Waals surface area contributed by atoms with E-state index in [-0.39, 0.29) is 30.9 Å². The molecule has 0 aromatic heterocycles. The van der Waals surface area contributed by atoms with Crippen LogP contribution in [-0.4, -0.2) is 42.6 Å². The minimum absolute atomic E-state index is 0.0232. The number of nitrogens with two attached hydrogens (primary N) is 1. The van der Waals surface area contributed by atoms with Gasteiger partial charge in [0.1, 0.15) is 0 Å². The Labute approximate surface area is 130 Å². The molecule has 3 N–H and O–H groups in total. The van der Waals surface area contributed by atoms with E-state index in [1.165, 1.54) is 24.0 Å². The van der Waals surface area contributed by atoms with Crippen molar-refractivity contribution in [2.24, 2.45) is 5.73 Å². The third kappa shape index (κ3) is 4.13. The molecule has 1 saturated heterocycles. The topological polar surface area (TPSA) is 84.7 Å². The molecule has 126 valence electrons. The number of amides is 3. The number of hydrogen-bond acceptors (Lipinski definition) is 3. The molecule has 1 heterocycles. The summed E-state index contributed by atoms with van der Waals surface area (Å²) < 4.78 is 43.7. The van der Waals surface area contributed by atoms with Gasteiger partial charge in [-0.1, -0.05) is 6.07 Å². The fourth-order valence-corrected chi connectivity index (χ4v) is 2.21. The van der Waals surface area contributed by atoms with Gasteiger partial charge in [-0.15, -0.1) is 0 Å². The van der Waals surface area contributed by atoms with Crippen LogP contribution in [0.3, 0.4) is 0 Å². The van der Waals surface area contributed by atoms with E-state index in [0.717, 1.165) is 6.07 Å².